The van der Waals surface area contributed by atoms with Gasteiger partial charge in [-0.25, -0.2) is 4.39 Å². The number of hydrogen-bond acceptors (Lipinski definition) is 4. The van der Waals surface area contributed by atoms with Gasteiger partial charge in [0.15, 0.2) is 0 Å². The normalized spacial score (nSPS) is 22.8. The molecule has 20 heavy (non-hydrogen) atoms. The van der Waals surface area contributed by atoms with E-state index in [1.54, 1.807) is 12.1 Å². The van der Waals surface area contributed by atoms with E-state index in [4.69, 9.17) is 10.5 Å². The molecule has 2 rings (SSSR count). The average Bonchev–Trinajstić information content (AvgIpc) is 2.42. The van der Waals surface area contributed by atoms with Gasteiger partial charge in [0.05, 0.1) is 7.11 Å². The third-order valence-corrected chi connectivity index (χ3v) is 4.11. The van der Waals surface area contributed by atoms with Crippen LogP contribution >= 0.6 is 0 Å². The number of hydrogen-bond donors (Lipinski definition) is 1. The molecular weight excluding hydrogens is 257 g/mol. The lowest BCUT2D eigenvalue weighted by atomic mass is 9.97. The Morgan fingerprint density at radius 1 is 1.40 bits per heavy atom. The summed E-state index contributed by atoms with van der Waals surface area (Å²) in [5.41, 5.74) is 6.76. The molecule has 5 heteroatoms. The summed E-state index contributed by atoms with van der Waals surface area (Å²) in [6.07, 6.45) is 0.754. The van der Waals surface area contributed by atoms with Gasteiger partial charge in [-0.1, -0.05) is 6.07 Å². The number of nitrogens with zero attached hydrogens (tertiary/aromatic N) is 2. The Morgan fingerprint density at radius 2 is 2.15 bits per heavy atom. The Morgan fingerprint density at radius 3 is 2.80 bits per heavy atom. The van der Waals surface area contributed by atoms with Crippen LogP contribution in [0.15, 0.2) is 18.2 Å². The third-order valence-electron chi connectivity index (χ3n) is 4.11. The van der Waals surface area contributed by atoms with Crippen LogP contribution in [0, 0.1) is 5.82 Å². The van der Waals surface area contributed by atoms with Gasteiger partial charge >= 0.3 is 0 Å². The van der Waals surface area contributed by atoms with E-state index in [1.165, 1.54) is 13.2 Å². The van der Waals surface area contributed by atoms with Crippen LogP contribution in [0.3, 0.4) is 0 Å². The number of piperazine rings is 1. The molecule has 0 radical (unpaired) electrons. The molecule has 0 amide bonds. The topological polar surface area (TPSA) is 41.7 Å². The Kier molecular flexibility index (Phi) is 4.96. The lowest BCUT2D eigenvalue weighted by Gasteiger charge is -2.38. The zero-order chi connectivity index (χ0) is 14.7. The molecule has 0 aromatic heterocycles. The Labute approximate surface area is 120 Å². The zero-order valence-electron chi connectivity index (χ0n) is 12.5. The fourth-order valence-corrected chi connectivity index (χ4v) is 2.71. The van der Waals surface area contributed by atoms with E-state index in [1.807, 2.05) is 0 Å². The molecule has 2 unspecified atom stereocenters. The molecule has 1 fully saturated rings. The van der Waals surface area contributed by atoms with Crippen molar-refractivity contribution in [3.8, 4) is 5.75 Å². The van der Waals surface area contributed by atoms with Crippen molar-refractivity contribution in [2.45, 2.75) is 18.5 Å². The number of methoxy groups -OCH3 is 1. The van der Waals surface area contributed by atoms with Crippen molar-refractivity contribution in [3.63, 3.8) is 0 Å². The highest BCUT2D eigenvalue weighted by Gasteiger charge is 2.25. The molecule has 0 saturated carbocycles. The summed E-state index contributed by atoms with van der Waals surface area (Å²) in [5, 5.41) is 0. The largest absolute Gasteiger partial charge is 0.497 e. The molecule has 2 N–H and O–H groups in total. The van der Waals surface area contributed by atoms with Crippen LogP contribution in [-0.4, -0.2) is 56.7 Å². The van der Waals surface area contributed by atoms with E-state index in [0.29, 0.717) is 17.4 Å². The first kappa shape index (κ1) is 15.2. The van der Waals surface area contributed by atoms with Crippen LogP contribution in [0.2, 0.25) is 0 Å². The van der Waals surface area contributed by atoms with Crippen molar-refractivity contribution in [1.29, 1.82) is 0 Å². The SMILES string of the molecule is COc1ccc(C(N)CC2CN(C)CCN2C)c(F)c1. The zero-order valence-corrected chi connectivity index (χ0v) is 12.5. The molecule has 1 heterocycles. The molecular formula is C15H24FN3O. The van der Waals surface area contributed by atoms with Crippen molar-refractivity contribution in [2.24, 2.45) is 5.73 Å². The summed E-state index contributed by atoms with van der Waals surface area (Å²) < 4.78 is 19.0. The molecule has 1 saturated heterocycles. The van der Waals surface area contributed by atoms with Gasteiger partial charge in [0, 0.05) is 43.3 Å². The molecule has 2 atom stereocenters. The maximum absolute atomic E-state index is 14.0. The minimum absolute atomic E-state index is 0.288. The summed E-state index contributed by atoms with van der Waals surface area (Å²) in [5.74, 6) is 0.233. The highest BCUT2D eigenvalue weighted by molar-refractivity contribution is 5.30. The summed E-state index contributed by atoms with van der Waals surface area (Å²) in [7, 11) is 5.75. The summed E-state index contributed by atoms with van der Waals surface area (Å²) in [6.45, 7) is 3.07. The van der Waals surface area contributed by atoms with Crippen LogP contribution in [0.4, 0.5) is 4.39 Å². The minimum atomic E-state index is -0.292. The second kappa shape index (κ2) is 6.52. The summed E-state index contributed by atoms with van der Waals surface area (Å²) >= 11 is 0. The van der Waals surface area contributed by atoms with E-state index < -0.39 is 0 Å². The molecule has 0 bridgehead atoms. The predicted molar refractivity (Wildman–Crippen MR) is 78.4 cm³/mol. The molecule has 112 valence electrons. The third kappa shape index (κ3) is 3.48. The van der Waals surface area contributed by atoms with Crippen molar-refractivity contribution < 1.29 is 9.13 Å². The van der Waals surface area contributed by atoms with Crippen LogP contribution in [0.1, 0.15) is 18.0 Å². The highest BCUT2D eigenvalue weighted by atomic mass is 19.1. The fraction of sp³-hybridized carbons (Fsp3) is 0.600. The maximum atomic E-state index is 14.0. The molecule has 4 nitrogen and oxygen atoms in total. The highest BCUT2D eigenvalue weighted by Crippen LogP contribution is 2.25. The van der Waals surface area contributed by atoms with E-state index >= 15 is 0 Å². The number of nitrogens with two attached hydrogens (primary N) is 1. The molecule has 1 aromatic carbocycles. The molecule has 0 spiro atoms. The average molecular weight is 281 g/mol. The minimum Gasteiger partial charge on any atom is -0.497 e. The van der Waals surface area contributed by atoms with E-state index in [0.717, 1.165) is 26.1 Å². The van der Waals surface area contributed by atoms with Gasteiger partial charge in [0.2, 0.25) is 0 Å². The quantitative estimate of drug-likeness (QED) is 0.907. The Bertz CT molecular complexity index is 455. The van der Waals surface area contributed by atoms with Crippen LogP contribution in [0.5, 0.6) is 5.75 Å². The molecule has 1 aliphatic rings. The second-order valence-corrected chi connectivity index (χ2v) is 5.63. The smallest absolute Gasteiger partial charge is 0.131 e. The van der Waals surface area contributed by atoms with Gasteiger partial charge < -0.3 is 20.3 Å². The van der Waals surface area contributed by atoms with Crippen LogP contribution in [-0.2, 0) is 0 Å². The van der Waals surface area contributed by atoms with Gasteiger partial charge in [-0.3, -0.25) is 0 Å². The molecule has 1 aliphatic heterocycles. The van der Waals surface area contributed by atoms with Gasteiger partial charge in [-0.15, -0.1) is 0 Å². The lowest BCUT2D eigenvalue weighted by Crippen LogP contribution is -2.50. The summed E-state index contributed by atoms with van der Waals surface area (Å²) in [6, 6.07) is 4.96. The lowest BCUT2D eigenvalue weighted by molar-refractivity contribution is 0.104. The predicted octanol–water partition coefficient (Wildman–Crippen LogP) is 1.47. The van der Waals surface area contributed by atoms with Crippen LogP contribution in [0.25, 0.3) is 0 Å². The van der Waals surface area contributed by atoms with Crippen molar-refractivity contribution in [1.82, 2.24) is 9.80 Å². The maximum Gasteiger partial charge on any atom is 0.131 e. The van der Waals surface area contributed by atoms with Crippen molar-refractivity contribution >= 4 is 0 Å². The number of ether oxygens (including phenoxy) is 1. The van der Waals surface area contributed by atoms with E-state index in [2.05, 4.69) is 23.9 Å². The first-order valence-corrected chi connectivity index (χ1v) is 6.99. The van der Waals surface area contributed by atoms with Gasteiger partial charge in [0.25, 0.3) is 0 Å². The molecule has 0 aliphatic carbocycles. The van der Waals surface area contributed by atoms with E-state index in [-0.39, 0.29) is 11.9 Å². The van der Waals surface area contributed by atoms with Gasteiger partial charge in [-0.2, -0.15) is 0 Å². The Balaban J connectivity index is 2.05. The first-order valence-electron chi connectivity index (χ1n) is 6.99. The van der Waals surface area contributed by atoms with E-state index in [9.17, 15) is 4.39 Å². The fourth-order valence-electron chi connectivity index (χ4n) is 2.71. The number of benzene rings is 1. The summed E-state index contributed by atoms with van der Waals surface area (Å²) in [4.78, 5) is 4.60. The molecule has 1 aromatic rings. The standard InChI is InChI=1S/C15H24FN3O/c1-18-6-7-19(2)11(10-18)8-15(17)13-5-4-12(20-3)9-14(13)16/h4-5,9,11,15H,6-8,10,17H2,1-3H3. The second-order valence-electron chi connectivity index (χ2n) is 5.63. The van der Waals surface area contributed by atoms with Gasteiger partial charge in [-0.05, 0) is 26.6 Å². The Hall–Kier alpha value is -1.17. The monoisotopic (exact) mass is 281 g/mol. The number of halogens is 1. The number of likely N-dealkylation sites (N-methyl/N-ethyl adjacent to an activating group) is 2. The van der Waals surface area contributed by atoms with Crippen LogP contribution < -0.4 is 10.5 Å². The van der Waals surface area contributed by atoms with Crippen molar-refractivity contribution in [2.75, 3.05) is 40.8 Å². The number of rotatable bonds is 4. The first-order chi connectivity index (χ1) is 9.51. The van der Waals surface area contributed by atoms with Gasteiger partial charge in [0.1, 0.15) is 11.6 Å². The van der Waals surface area contributed by atoms with Crippen molar-refractivity contribution in [3.05, 3.63) is 29.6 Å².